The van der Waals surface area contributed by atoms with Gasteiger partial charge in [-0.3, -0.25) is 9.79 Å². The number of aliphatic imine (C=N–C) groups is 1. The van der Waals surface area contributed by atoms with Gasteiger partial charge < -0.3 is 16.4 Å². The van der Waals surface area contributed by atoms with Gasteiger partial charge in [0.2, 0.25) is 5.91 Å². The third kappa shape index (κ3) is 7.70. The SMILES string of the molecule is CC(C)NC(N)=NCCNC(=O)CC1CCCCC1. The number of nitrogens with two attached hydrogens (primary N) is 1. The second-order valence-electron chi connectivity index (χ2n) is 5.62. The number of guanidine groups is 1. The molecule has 0 aromatic rings. The lowest BCUT2D eigenvalue weighted by Gasteiger charge is -2.20. The van der Waals surface area contributed by atoms with E-state index in [1.54, 1.807) is 0 Å². The Kier molecular flexibility index (Phi) is 7.30. The largest absolute Gasteiger partial charge is 0.370 e. The minimum absolute atomic E-state index is 0.150. The molecule has 0 bridgehead atoms. The van der Waals surface area contributed by atoms with E-state index in [1.807, 2.05) is 13.8 Å². The van der Waals surface area contributed by atoms with Gasteiger partial charge in [-0.15, -0.1) is 0 Å². The summed E-state index contributed by atoms with van der Waals surface area (Å²) in [4.78, 5) is 15.9. The number of nitrogens with zero attached hydrogens (tertiary/aromatic N) is 1. The second kappa shape index (κ2) is 8.77. The standard InChI is InChI=1S/C14H28N4O/c1-11(2)18-14(15)17-9-8-16-13(19)10-12-6-4-3-5-7-12/h11-12H,3-10H2,1-2H3,(H,16,19)(H3,15,17,18). The number of nitrogens with one attached hydrogen (secondary N) is 2. The van der Waals surface area contributed by atoms with Crippen LogP contribution >= 0.6 is 0 Å². The molecule has 0 saturated heterocycles. The zero-order valence-corrected chi connectivity index (χ0v) is 12.2. The van der Waals surface area contributed by atoms with E-state index in [0.717, 1.165) is 0 Å². The predicted octanol–water partition coefficient (Wildman–Crippen LogP) is 1.39. The van der Waals surface area contributed by atoms with Gasteiger partial charge in [0.25, 0.3) is 0 Å². The van der Waals surface area contributed by atoms with Crippen molar-refractivity contribution in [1.82, 2.24) is 10.6 Å². The summed E-state index contributed by atoms with van der Waals surface area (Å²) in [5.41, 5.74) is 5.67. The van der Waals surface area contributed by atoms with Gasteiger partial charge in [-0.25, -0.2) is 0 Å². The van der Waals surface area contributed by atoms with Crippen molar-refractivity contribution in [2.45, 2.75) is 58.4 Å². The molecule has 0 spiro atoms. The molecule has 4 N–H and O–H groups in total. The van der Waals surface area contributed by atoms with Crippen molar-refractivity contribution in [2.75, 3.05) is 13.1 Å². The van der Waals surface area contributed by atoms with Crippen molar-refractivity contribution in [3.8, 4) is 0 Å². The minimum Gasteiger partial charge on any atom is -0.370 e. The number of hydrogen-bond donors (Lipinski definition) is 3. The zero-order chi connectivity index (χ0) is 14.1. The van der Waals surface area contributed by atoms with Crippen molar-refractivity contribution in [1.29, 1.82) is 0 Å². The van der Waals surface area contributed by atoms with Crippen molar-refractivity contribution < 1.29 is 4.79 Å². The van der Waals surface area contributed by atoms with Gasteiger partial charge in [0.05, 0.1) is 6.54 Å². The number of hydrogen-bond acceptors (Lipinski definition) is 2. The quantitative estimate of drug-likeness (QED) is 0.387. The molecule has 19 heavy (non-hydrogen) atoms. The van der Waals surface area contributed by atoms with E-state index in [4.69, 9.17) is 5.73 Å². The van der Waals surface area contributed by atoms with Gasteiger partial charge >= 0.3 is 0 Å². The molecule has 1 aliphatic carbocycles. The Hall–Kier alpha value is -1.26. The number of carbonyl (C=O) groups excluding carboxylic acids is 1. The topological polar surface area (TPSA) is 79.5 Å². The van der Waals surface area contributed by atoms with Crippen molar-refractivity contribution >= 4 is 11.9 Å². The van der Waals surface area contributed by atoms with E-state index >= 15 is 0 Å². The molecule has 0 aromatic heterocycles. The number of amides is 1. The Balaban J connectivity index is 2.09. The zero-order valence-electron chi connectivity index (χ0n) is 12.2. The molecule has 1 amide bonds. The molecular formula is C14H28N4O. The van der Waals surface area contributed by atoms with Gasteiger partial charge in [-0.1, -0.05) is 19.3 Å². The average Bonchev–Trinajstić information content (AvgIpc) is 2.35. The van der Waals surface area contributed by atoms with Crippen LogP contribution in [-0.2, 0) is 4.79 Å². The van der Waals surface area contributed by atoms with Crippen LogP contribution in [0.15, 0.2) is 4.99 Å². The number of rotatable bonds is 6. The maximum absolute atomic E-state index is 11.7. The summed E-state index contributed by atoms with van der Waals surface area (Å²) >= 11 is 0. The lowest BCUT2D eigenvalue weighted by Crippen LogP contribution is -2.37. The highest BCUT2D eigenvalue weighted by atomic mass is 16.1. The first-order valence-electron chi connectivity index (χ1n) is 7.41. The molecule has 1 aliphatic rings. The lowest BCUT2D eigenvalue weighted by atomic mass is 9.87. The predicted molar refractivity (Wildman–Crippen MR) is 79.0 cm³/mol. The highest BCUT2D eigenvalue weighted by Crippen LogP contribution is 2.25. The highest BCUT2D eigenvalue weighted by molar-refractivity contribution is 5.78. The van der Waals surface area contributed by atoms with Gasteiger partial charge in [0.15, 0.2) is 5.96 Å². The molecule has 0 atom stereocenters. The molecule has 1 rings (SSSR count). The molecular weight excluding hydrogens is 240 g/mol. The van der Waals surface area contributed by atoms with E-state index < -0.39 is 0 Å². The first-order valence-corrected chi connectivity index (χ1v) is 7.41. The maximum atomic E-state index is 11.7. The first-order chi connectivity index (χ1) is 9.08. The van der Waals surface area contributed by atoms with E-state index in [9.17, 15) is 4.79 Å². The normalized spacial score (nSPS) is 17.5. The van der Waals surface area contributed by atoms with Crippen LogP contribution in [0.3, 0.4) is 0 Å². The van der Waals surface area contributed by atoms with E-state index in [2.05, 4.69) is 15.6 Å². The third-order valence-corrected chi connectivity index (χ3v) is 3.35. The van der Waals surface area contributed by atoms with Crippen LogP contribution in [0.1, 0.15) is 52.4 Å². The molecule has 110 valence electrons. The van der Waals surface area contributed by atoms with Crippen LogP contribution < -0.4 is 16.4 Å². The molecule has 0 unspecified atom stereocenters. The summed E-state index contributed by atoms with van der Waals surface area (Å²) in [7, 11) is 0. The van der Waals surface area contributed by atoms with Crippen LogP contribution in [0.5, 0.6) is 0 Å². The van der Waals surface area contributed by atoms with Gasteiger partial charge in [0.1, 0.15) is 0 Å². The molecule has 0 heterocycles. The summed E-state index contributed by atoms with van der Waals surface area (Å²) in [6.07, 6.45) is 6.96. The van der Waals surface area contributed by atoms with Gasteiger partial charge in [0, 0.05) is 19.0 Å². The molecule has 1 saturated carbocycles. The maximum Gasteiger partial charge on any atom is 0.220 e. The second-order valence-corrected chi connectivity index (χ2v) is 5.62. The monoisotopic (exact) mass is 268 g/mol. The summed E-state index contributed by atoms with van der Waals surface area (Å²) in [5, 5.41) is 5.92. The van der Waals surface area contributed by atoms with Crippen LogP contribution in [0.4, 0.5) is 0 Å². The first kappa shape index (κ1) is 15.8. The molecule has 5 heteroatoms. The Morgan fingerprint density at radius 3 is 2.63 bits per heavy atom. The summed E-state index contributed by atoms with van der Waals surface area (Å²) in [5.74, 6) is 1.18. The lowest BCUT2D eigenvalue weighted by molar-refractivity contribution is -0.122. The van der Waals surface area contributed by atoms with Gasteiger partial charge in [-0.2, -0.15) is 0 Å². The van der Waals surface area contributed by atoms with Crippen LogP contribution in [0.2, 0.25) is 0 Å². The fourth-order valence-corrected chi connectivity index (χ4v) is 2.44. The van der Waals surface area contributed by atoms with Crippen molar-refractivity contribution in [3.05, 3.63) is 0 Å². The Bertz CT molecular complexity index is 296. The fourth-order valence-electron chi connectivity index (χ4n) is 2.44. The van der Waals surface area contributed by atoms with Crippen LogP contribution in [0, 0.1) is 5.92 Å². The van der Waals surface area contributed by atoms with E-state index in [-0.39, 0.29) is 11.9 Å². The molecule has 0 aromatic carbocycles. The van der Waals surface area contributed by atoms with E-state index in [1.165, 1.54) is 32.1 Å². The third-order valence-electron chi connectivity index (χ3n) is 3.35. The minimum atomic E-state index is 0.150. The van der Waals surface area contributed by atoms with Crippen molar-refractivity contribution in [2.24, 2.45) is 16.6 Å². The summed E-state index contributed by atoms with van der Waals surface area (Å²) in [6.45, 7) is 5.11. The Labute approximate surface area is 116 Å². The Morgan fingerprint density at radius 2 is 2.00 bits per heavy atom. The Morgan fingerprint density at radius 1 is 1.32 bits per heavy atom. The fraction of sp³-hybridized carbons (Fsp3) is 0.857. The number of carbonyl (C=O) groups is 1. The van der Waals surface area contributed by atoms with Crippen LogP contribution in [-0.4, -0.2) is 31.0 Å². The average molecular weight is 268 g/mol. The summed E-state index contributed by atoms with van der Waals surface area (Å²) in [6, 6.07) is 0.282. The molecule has 5 nitrogen and oxygen atoms in total. The molecule has 0 radical (unpaired) electrons. The highest BCUT2D eigenvalue weighted by Gasteiger charge is 2.16. The van der Waals surface area contributed by atoms with Crippen LogP contribution in [0.25, 0.3) is 0 Å². The smallest absolute Gasteiger partial charge is 0.220 e. The van der Waals surface area contributed by atoms with Gasteiger partial charge in [-0.05, 0) is 32.6 Å². The van der Waals surface area contributed by atoms with E-state index in [0.29, 0.717) is 31.4 Å². The molecule has 1 fully saturated rings. The van der Waals surface area contributed by atoms with Crippen molar-refractivity contribution in [3.63, 3.8) is 0 Å². The molecule has 0 aliphatic heterocycles. The summed E-state index contributed by atoms with van der Waals surface area (Å²) < 4.78 is 0.